The van der Waals surface area contributed by atoms with Crippen molar-refractivity contribution in [2.45, 2.75) is 19.6 Å². The van der Waals surface area contributed by atoms with Crippen molar-refractivity contribution in [2.75, 3.05) is 13.7 Å². The van der Waals surface area contributed by atoms with Gasteiger partial charge < -0.3 is 14.8 Å². The lowest BCUT2D eigenvalue weighted by Gasteiger charge is -2.12. The number of hydrogen-bond donors (Lipinski definition) is 1. The molecule has 1 aromatic carbocycles. The number of hydrogen-bond acceptors (Lipinski definition) is 3. The Morgan fingerprint density at radius 1 is 1.33 bits per heavy atom. The van der Waals surface area contributed by atoms with Gasteiger partial charge in [-0.1, -0.05) is 0 Å². The summed E-state index contributed by atoms with van der Waals surface area (Å²) in [6.07, 6.45) is 0. The molecule has 0 fully saturated rings. The second-order valence-corrected chi connectivity index (χ2v) is 3.73. The van der Waals surface area contributed by atoms with Gasteiger partial charge in [-0.05, 0) is 31.2 Å². The molecule has 0 aromatic heterocycles. The van der Waals surface area contributed by atoms with E-state index < -0.39 is 6.61 Å². The van der Waals surface area contributed by atoms with Crippen LogP contribution in [0.5, 0.6) is 5.75 Å². The number of rotatable bonds is 6. The fraction of sp³-hybridized carbons (Fsp3) is 0.417. The van der Waals surface area contributed by atoms with Crippen molar-refractivity contribution in [1.82, 2.24) is 5.32 Å². The largest absolute Gasteiger partial charge is 0.435 e. The summed E-state index contributed by atoms with van der Waals surface area (Å²) in [4.78, 5) is 11.7. The van der Waals surface area contributed by atoms with E-state index in [0.29, 0.717) is 12.2 Å². The average Bonchev–Trinajstić information content (AvgIpc) is 2.29. The van der Waals surface area contributed by atoms with Crippen molar-refractivity contribution in [3.63, 3.8) is 0 Å². The lowest BCUT2D eigenvalue weighted by molar-refractivity contribution is -0.0498. The molecule has 100 valence electrons. The predicted octanol–water partition coefficient (Wildman–Crippen LogP) is 2.05. The number of halogens is 2. The number of benzene rings is 1. The third-order valence-electron chi connectivity index (χ3n) is 2.14. The van der Waals surface area contributed by atoms with Gasteiger partial charge in [0, 0.05) is 18.7 Å². The van der Waals surface area contributed by atoms with E-state index in [1.54, 1.807) is 14.0 Å². The van der Waals surface area contributed by atoms with Crippen LogP contribution in [-0.2, 0) is 4.74 Å². The van der Waals surface area contributed by atoms with Gasteiger partial charge in [-0.2, -0.15) is 8.78 Å². The van der Waals surface area contributed by atoms with Crippen molar-refractivity contribution in [3.05, 3.63) is 29.8 Å². The third kappa shape index (κ3) is 4.67. The number of carbonyl (C=O) groups is 1. The molecule has 0 bridgehead atoms. The first-order valence-corrected chi connectivity index (χ1v) is 5.37. The van der Waals surface area contributed by atoms with Gasteiger partial charge in [0.1, 0.15) is 5.75 Å². The Morgan fingerprint density at radius 3 is 2.44 bits per heavy atom. The van der Waals surface area contributed by atoms with Gasteiger partial charge >= 0.3 is 6.61 Å². The molecule has 1 unspecified atom stereocenters. The Hall–Kier alpha value is -1.69. The molecule has 0 heterocycles. The van der Waals surface area contributed by atoms with E-state index in [9.17, 15) is 13.6 Å². The van der Waals surface area contributed by atoms with Crippen molar-refractivity contribution in [2.24, 2.45) is 0 Å². The van der Waals surface area contributed by atoms with E-state index in [1.807, 2.05) is 0 Å². The number of carbonyl (C=O) groups excluding carboxylic acids is 1. The fourth-order valence-electron chi connectivity index (χ4n) is 1.39. The summed E-state index contributed by atoms with van der Waals surface area (Å²) >= 11 is 0. The number of nitrogens with one attached hydrogen (secondary N) is 1. The molecule has 1 atom stereocenters. The Morgan fingerprint density at radius 2 is 1.94 bits per heavy atom. The molecule has 0 aliphatic rings. The Bertz CT molecular complexity index is 381. The molecule has 1 amide bonds. The molecule has 0 saturated carbocycles. The molecule has 1 rings (SSSR count). The first kappa shape index (κ1) is 14.4. The van der Waals surface area contributed by atoms with Crippen molar-refractivity contribution in [3.8, 4) is 5.75 Å². The molecule has 0 aliphatic carbocycles. The summed E-state index contributed by atoms with van der Waals surface area (Å²) in [7, 11) is 1.54. The van der Waals surface area contributed by atoms with E-state index in [0.717, 1.165) is 0 Å². The van der Waals surface area contributed by atoms with Crippen molar-refractivity contribution < 1.29 is 23.0 Å². The topological polar surface area (TPSA) is 47.6 Å². The van der Waals surface area contributed by atoms with E-state index in [-0.39, 0.29) is 17.7 Å². The fourth-order valence-corrected chi connectivity index (χ4v) is 1.39. The molecule has 0 radical (unpaired) electrons. The van der Waals surface area contributed by atoms with Crippen LogP contribution in [0.2, 0.25) is 0 Å². The van der Waals surface area contributed by atoms with Crippen LogP contribution in [0.25, 0.3) is 0 Å². The van der Waals surface area contributed by atoms with Crippen LogP contribution < -0.4 is 10.1 Å². The number of alkyl halides is 2. The first-order valence-electron chi connectivity index (χ1n) is 5.37. The second kappa shape index (κ2) is 6.90. The maximum absolute atomic E-state index is 11.9. The minimum absolute atomic E-state index is 0.0199. The summed E-state index contributed by atoms with van der Waals surface area (Å²) < 4.78 is 32.9. The molecule has 1 N–H and O–H groups in total. The highest BCUT2D eigenvalue weighted by Gasteiger charge is 2.10. The van der Waals surface area contributed by atoms with Crippen LogP contribution in [0, 0.1) is 0 Å². The van der Waals surface area contributed by atoms with Crippen LogP contribution >= 0.6 is 0 Å². The Labute approximate surface area is 104 Å². The molecule has 4 nitrogen and oxygen atoms in total. The first-order chi connectivity index (χ1) is 8.52. The SMILES string of the molecule is COCC(C)NC(=O)c1ccc(OC(F)F)cc1. The van der Waals surface area contributed by atoms with Crippen LogP contribution in [0.3, 0.4) is 0 Å². The normalized spacial score (nSPS) is 12.3. The molecule has 6 heteroatoms. The minimum atomic E-state index is -2.87. The standard InChI is InChI=1S/C12H15F2NO3/c1-8(7-17-2)15-11(16)9-3-5-10(6-4-9)18-12(13)14/h3-6,8,12H,7H2,1-2H3,(H,15,16). The highest BCUT2D eigenvalue weighted by molar-refractivity contribution is 5.94. The monoisotopic (exact) mass is 259 g/mol. The second-order valence-electron chi connectivity index (χ2n) is 3.73. The van der Waals surface area contributed by atoms with Gasteiger partial charge in [-0.25, -0.2) is 0 Å². The van der Waals surface area contributed by atoms with Gasteiger partial charge in [0.05, 0.1) is 6.61 Å². The Balaban J connectivity index is 2.59. The van der Waals surface area contributed by atoms with Crippen LogP contribution in [-0.4, -0.2) is 32.3 Å². The summed E-state index contributed by atoms with van der Waals surface area (Å²) in [6, 6.07) is 5.36. The Kier molecular flexibility index (Phi) is 5.51. The molecule has 0 aliphatic heterocycles. The van der Waals surface area contributed by atoms with Gasteiger partial charge in [0.25, 0.3) is 5.91 Å². The zero-order valence-electron chi connectivity index (χ0n) is 10.2. The number of methoxy groups -OCH3 is 1. The lowest BCUT2D eigenvalue weighted by atomic mass is 10.2. The number of amides is 1. The van der Waals surface area contributed by atoms with E-state index >= 15 is 0 Å². The number of ether oxygens (including phenoxy) is 2. The zero-order valence-corrected chi connectivity index (χ0v) is 10.2. The smallest absolute Gasteiger partial charge is 0.387 e. The van der Waals surface area contributed by atoms with E-state index in [2.05, 4.69) is 10.1 Å². The van der Waals surface area contributed by atoms with Gasteiger partial charge in [0.15, 0.2) is 0 Å². The quantitative estimate of drug-likeness (QED) is 0.850. The van der Waals surface area contributed by atoms with Crippen LogP contribution in [0.1, 0.15) is 17.3 Å². The third-order valence-corrected chi connectivity index (χ3v) is 2.14. The molecular weight excluding hydrogens is 244 g/mol. The highest BCUT2D eigenvalue weighted by Crippen LogP contribution is 2.14. The van der Waals surface area contributed by atoms with Gasteiger partial charge in [0.2, 0.25) is 0 Å². The minimum Gasteiger partial charge on any atom is -0.435 e. The van der Waals surface area contributed by atoms with Crippen LogP contribution in [0.15, 0.2) is 24.3 Å². The maximum Gasteiger partial charge on any atom is 0.387 e. The predicted molar refractivity (Wildman–Crippen MR) is 61.9 cm³/mol. The molecule has 0 spiro atoms. The molecule has 18 heavy (non-hydrogen) atoms. The summed E-state index contributed by atoms with van der Waals surface area (Å²) in [6.45, 7) is -0.667. The van der Waals surface area contributed by atoms with Crippen LogP contribution in [0.4, 0.5) is 8.78 Å². The van der Waals surface area contributed by atoms with Gasteiger partial charge in [-0.3, -0.25) is 4.79 Å². The maximum atomic E-state index is 11.9. The zero-order chi connectivity index (χ0) is 13.5. The van der Waals surface area contributed by atoms with E-state index in [4.69, 9.17) is 4.74 Å². The average molecular weight is 259 g/mol. The summed E-state index contributed by atoms with van der Waals surface area (Å²) in [5.41, 5.74) is 0.375. The molecular formula is C12H15F2NO3. The summed E-state index contributed by atoms with van der Waals surface area (Å²) in [5.74, 6) is -0.269. The highest BCUT2D eigenvalue weighted by atomic mass is 19.3. The van der Waals surface area contributed by atoms with Crippen molar-refractivity contribution in [1.29, 1.82) is 0 Å². The summed E-state index contributed by atoms with van der Waals surface area (Å²) in [5, 5.41) is 2.70. The van der Waals surface area contributed by atoms with Crippen molar-refractivity contribution >= 4 is 5.91 Å². The molecule has 1 aromatic rings. The van der Waals surface area contributed by atoms with Gasteiger partial charge in [-0.15, -0.1) is 0 Å². The lowest BCUT2D eigenvalue weighted by Crippen LogP contribution is -2.35. The van der Waals surface area contributed by atoms with E-state index in [1.165, 1.54) is 24.3 Å². The molecule has 0 saturated heterocycles.